The number of oxime groups is 1. The van der Waals surface area contributed by atoms with Crippen LogP contribution in [0.5, 0.6) is 0 Å². The van der Waals surface area contributed by atoms with E-state index in [-0.39, 0.29) is 0 Å². The van der Waals surface area contributed by atoms with E-state index < -0.39 is 0 Å². The van der Waals surface area contributed by atoms with Gasteiger partial charge in [0.2, 0.25) is 0 Å². The van der Waals surface area contributed by atoms with Gasteiger partial charge in [0.1, 0.15) is 0 Å². The molecule has 0 amide bonds. The summed E-state index contributed by atoms with van der Waals surface area (Å²) in [6.45, 7) is 6.58. The predicted molar refractivity (Wildman–Crippen MR) is 67.2 cm³/mol. The molecule has 0 aromatic heterocycles. The molecule has 1 atom stereocenters. The molecule has 94 valence electrons. The zero-order valence-corrected chi connectivity index (χ0v) is 10.8. The van der Waals surface area contributed by atoms with Crippen molar-refractivity contribution in [1.29, 1.82) is 0 Å². The van der Waals surface area contributed by atoms with Crippen LogP contribution in [-0.4, -0.2) is 61.0 Å². The van der Waals surface area contributed by atoms with Gasteiger partial charge in [0.05, 0.1) is 5.71 Å². The van der Waals surface area contributed by atoms with Crippen LogP contribution in [0, 0.1) is 5.92 Å². The number of nitrogens with zero attached hydrogens (tertiary/aromatic N) is 3. The van der Waals surface area contributed by atoms with E-state index in [2.05, 4.69) is 36.0 Å². The Bertz CT molecular complexity index is 228. The monoisotopic (exact) mass is 227 g/mol. The van der Waals surface area contributed by atoms with Gasteiger partial charge < -0.3 is 15.0 Å². The third kappa shape index (κ3) is 4.10. The van der Waals surface area contributed by atoms with Crippen LogP contribution in [-0.2, 0) is 0 Å². The van der Waals surface area contributed by atoms with E-state index in [9.17, 15) is 0 Å². The summed E-state index contributed by atoms with van der Waals surface area (Å²) in [5.41, 5.74) is 0.992. The standard InChI is InChI=1S/C12H25N3O/c1-4-11-10-15(8-5-7-14(2)3)9-6-12(11)13-16/h11,16H,4-10H2,1-3H3. The quantitative estimate of drug-likeness (QED) is 0.571. The predicted octanol–water partition coefficient (Wildman–Crippen LogP) is 1.50. The van der Waals surface area contributed by atoms with Crippen LogP contribution >= 0.6 is 0 Å². The molecule has 1 saturated heterocycles. The molecule has 16 heavy (non-hydrogen) atoms. The van der Waals surface area contributed by atoms with Crippen LogP contribution in [0.2, 0.25) is 0 Å². The van der Waals surface area contributed by atoms with Crippen LogP contribution in [0.25, 0.3) is 0 Å². The Labute approximate surface area is 98.9 Å². The first-order chi connectivity index (χ1) is 7.67. The number of likely N-dealkylation sites (tertiary alicyclic amines) is 1. The van der Waals surface area contributed by atoms with Gasteiger partial charge in [0, 0.05) is 25.4 Å². The lowest BCUT2D eigenvalue weighted by molar-refractivity contribution is 0.217. The van der Waals surface area contributed by atoms with Crippen molar-refractivity contribution in [2.24, 2.45) is 11.1 Å². The molecule has 0 aliphatic carbocycles. The largest absolute Gasteiger partial charge is 0.411 e. The van der Waals surface area contributed by atoms with Crippen LogP contribution in [0.15, 0.2) is 5.16 Å². The Morgan fingerprint density at radius 1 is 1.50 bits per heavy atom. The van der Waals surface area contributed by atoms with Crippen molar-refractivity contribution in [2.45, 2.75) is 26.2 Å². The minimum Gasteiger partial charge on any atom is -0.411 e. The Morgan fingerprint density at radius 3 is 2.81 bits per heavy atom. The lowest BCUT2D eigenvalue weighted by atomic mass is 9.93. The molecule has 4 nitrogen and oxygen atoms in total. The van der Waals surface area contributed by atoms with Crippen LogP contribution in [0.1, 0.15) is 26.2 Å². The number of rotatable bonds is 5. The van der Waals surface area contributed by atoms with E-state index in [1.807, 2.05) is 0 Å². The number of hydrogen-bond donors (Lipinski definition) is 1. The molecule has 0 aromatic rings. The van der Waals surface area contributed by atoms with E-state index in [0.717, 1.165) is 44.7 Å². The Balaban J connectivity index is 2.31. The fourth-order valence-electron chi connectivity index (χ4n) is 2.30. The molecule has 1 N–H and O–H groups in total. The summed E-state index contributed by atoms with van der Waals surface area (Å²) in [6, 6.07) is 0. The molecular formula is C12H25N3O. The highest BCUT2D eigenvalue weighted by atomic mass is 16.4. The van der Waals surface area contributed by atoms with Crippen molar-refractivity contribution in [2.75, 3.05) is 40.3 Å². The molecule has 1 heterocycles. The maximum Gasteiger partial charge on any atom is 0.0627 e. The zero-order valence-electron chi connectivity index (χ0n) is 10.8. The summed E-state index contributed by atoms with van der Waals surface area (Å²) in [5.74, 6) is 0.457. The molecule has 0 spiro atoms. The Hall–Kier alpha value is -0.610. The smallest absolute Gasteiger partial charge is 0.0627 e. The second-order valence-corrected chi connectivity index (χ2v) is 4.90. The van der Waals surface area contributed by atoms with Crippen LogP contribution < -0.4 is 0 Å². The molecule has 0 radical (unpaired) electrons. The van der Waals surface area contributed by atoms with E-state index >= 15 is 0 Å². The second kappa shape index (κ2) is 6.86. The minimum atomic E-state index is 0.457. The average molecular weight is 227 g/mol. The van der Waals surface area contributed by atoms with Gasteiger partial charge in [0.15, 0.2) is 0 Å². The molecule has 1 fully saturated rings. The average Bonchev–Trinajstić information content (AvgIpc) is 2.28. The van der Waals surface area contributed by atoms with Crippen molar-refractivity contribution in [3.8, 4) is 0 Å². The first-order valence-electron chi connectivity index (χ1n) is 6.25. The first-order valence-corrected chi connectivity index (χ1v) is 6.25. The molecule has 0 bridgehead atoms. The third-order valence-corrected chi connectivity index (χ3v) is 3.33. The molecule has 1 rings (SSSR count). The lowest BCUT2D eigenvalue weighted by Crippen LogP contribution is -2.41. The minimum absolute atomic E-state index is 0.457. The highest BCUT2D eigenvalue weighted by Gasteiger charge is 2.24. The van der Waals surface area contributed by atoms with E-state index in [4.69, 9.17) is 5.21 Å². The van der Waals surface area contributed by atoms with E-state index in [1.54, 1.807) is 0 Å². The molecule has 0 saturated carbocycles. The summed E-state index contributed by atoms with van der Waals surface area (Å²) >= 11 is 0. The summed E-state index contributed by atoms with van der Waals surface area (Å²) in [6.07, 6.45) is 3.22. The van der Waals surface area contributed by atoms with Gasteiger partial charge in [-0.2, -0.15) is 0 Å². The van der Waals surface area contributed by atoms with Crippen molar-refractivity contribution < 1.29 is 5.21 Å². The van der Waals surface area contributed by atoms with Gasteiger partial charge in [-0.25, -0.2) is 0 Å². The fourth-order valence-corrected chi connectivity index (χ4v) is 2.30. The topological polar surface area (TPSA) is 39.1 Å². The molecule has 1 aliphatic rings. The fraction of sp³-hybridized carbons (Fsp3) is 0.917. The highest BCUT2D eigenvalue weighted by Crippen LogP contribution is 2.17. The summed E-state index contributed by atoms with van der Waals surface area (Å²) < 4.78 is 0. The number of hydrogen-bond acceptors (Lipinski definition) is 4. The van der Waals surface area contributed by atoms with Crippen LogP contribution in [0.3, 0.4) is 0 Å². The summed E-state index contributed by atoms with van der Waals surface area (Å²) in [5, 5.41) is 12.3. The van der Waals surface area contributed by atoms with Gasteiger partial charge in [0.25, 0.3) is 0 Å². The van der Waals surface area contributed by atoms with Gasteiger partial charge in [-0.3, -0.25) is 0 Å². The van der Waals surface area contributed by atoms with Gasteiger partial charge in [-0.05, 0) is 40.0 Å². The molecule has 1 aliphatic heterocycles. The van der Waals surface area contributed by atoms with Gasteiger partial charge >= 0.3 is 0 Å². The van der Waals surface area contributed by atoms with E-state index in [0.29, 0.717) is 5.92 Å². The maximum absolute atomic E-state index is 8.89. The SMILES string of the molecule is CCC1CN(CCCN(C)C)CCC1=NO. The first kappa shape index (κ1) is 13.5. The molecule has 1 unspecified atom stereocenters. The lowest BCUT2D eigenvalue weighted by Gasteiger charge is -2.32. The van der Waals surface area contributed by atoms with Crippen molar-refractivity contribution >= 4 is 5.71 Å². The normalized spacial score (nSPS) is 25.5. The van der Waals surface area contributed by atoms with Gasteiger partial charge in [-0.1, -0.05) is 12.1 Å². The van der Waals surface area contributed by atoms with Crippen molar-refractivity contribution in [1.82, 2.24) is 9.80 Å². The molecule has 0 aromatic carbocycles. The highest BCUT2D eigenvalue weighted by molar-refractivity contribution is 5.87. The van der Waals surface area contributed by atoms with Gasteiger partial charge in [-0.15, -0.1) is 0 Å². The van der Waals surface area contributed by atoms with Crippen molar-refractivity contribution in [3.63, 3.8) is 0 Å². The third-order valence-electron chi connectivity index (χ3n) is 3.33. The van der Waals surface area contributed by atoms with E-state index in [1.165, 1.54) is 6.42 Å². The summed E-state index contributed by atoms with van der Waals surface area (Å²) in [7, 11) is 4.23. The molecular weight excluding hydrogens is 202 g/mol. The maximum atomic E-state index is 8.89. The number of piperidine rings is 1. The Morgan fingerprint density at radius 2 is 2.25 bits per heavy atom. The zero-order chi connectivity index (χ0) is 12.0. The molecule has 4 heteroatoms. The summed E-state index contributed by atoms with van der Waals surface area (Å²) in [4.78, 5) is 4.72. The second-order valence-electron chi connectivity index (χ2n) is 4.90. The van der Waals surface area contributed by atoms with Crippen molar-refractivity contribution in [3.05, 3.63) is 0 Å². The van der Waals surface area contributed by atoms with Crippen LogP contribution in [0.4, 0.5) is 0 Å². The Kier molecular flexibility index (Phi) is 5.77.